The van der Waals surface area contributed by atoms with Gasteiger partial charge in [0.15, 0.2) is 5.76 Å². The van der Waals surface area contributed by atoms with E-state index in [1.807, 2.05) is 29.2 Å². The summed E-state index contributed by atoms with van der Waals surface area (Å²) in [6, 6.07) is 7.28. The average Bonchev–Trinajstić information content (AvgIpc) is 3.07. The Bertz CT molecular complexity index is 728. The number of methoxy groups -OCH3 is 1. The van der Waals surface area contributed by atoms with E-state index in [9.17, 15) is 9.90 Å². The Morgan fingerprint density at radius 3 is 2.52 bits per heavy atom. The Morgan fingerprint density at radius 1 is 1.32 bits per heavy atom. The van der Waals surface area contributed by atoms with Crippen LogP contribution in [0.5, 0.6) is 5.75 Å². The van der Waals surface area contributed by atoms with Gasteiger partial charge in [-0.2, -0.15) is 0 Å². The van der Waals surface area contributed by atoms with Gasteiger partial charge < -0.3 is 19.3 Å². The van der Waals surface area contributed by atoms with Crippen molar-refractivity contribution in [1.82, 2.24) is 10.1 Å². The van der Waals surface area contributed by atoms with Gasteiger partial charge in [0.05, 0.1) is 7.11 Å². The Hall–Kier alpha value is -2.34. The zero-order valence-corrected chi connectivity index (χ0v) is 14.9. The largest absolute Gasteiger partial charge is 0.497 e. The summed E-state index contributed by atoms with van der Waals surface area (Å²) in [5.74, 6) is 1.44. The van der Waals surface area contributed by atoms with Crippen molar-refractivity contribution in [2.24, 2.45) is 5.92 Å². The van der Waals surface area contributed by atoms with Crippen LogP contribution in [0.3, 0.4) is 0 Å². The van der Waals surface area contributed by atoms with Crippen LogP contribution in [0.15, 0.2) is 28.8 Å². The van der Waals surface area contributed by atoms with Crippen molar-refractivity contribution in [3.05, 3.63) is 35.6 Å². The minimum absolute atomic E-state index is 0.130. The highest BCUT2D eigenvalue weighted by Crippen LogP contribution is 2.32. The summed E-state index contributed by atoms with van der Waals surface area (Å²) in [5.41, 5.74) is 1.57. The highest BCUT2D eigenvalue weighted by Gasteiger charge is 2.31. The van der Waals surface area contributed by atoms with Crippen LogP contribution >= 0.6 is 0 Å². The number of likely N-dealkylation sites (tertiary alicyclic amines) is 1. The second kappa shape index (κ2) is 7.27. The highest BCUT2D eigenvalue weighted by atomic mass is 16.5. The van der Waals surface area contributed by atoms with Gasteiger partial charge in [-0.15, -0.1) is 0 Å². The van der Waals surface area contributed by atoms with Crippen LogP contribution in [0.4, 0.5) is 0 Å². The molecule has 1 amide bonds. The topological polar surface area (TPSA) is 75.8 Å². The van der Waals surface area contributed by atoms with E-state index < -0.39 is 6.10 Å². The van der Waals surface area contributed by atoms with Gasteiger partial charge in [-0.3, -0.25) is 4.79 Å². The van der Waals surface area contributed by atoms with E-state index in [1.54, 1.807) is 14.0 Å². The number of nitrogens with zero attached hydrogens (tertiary/aromatic N) is 2. The van der Waals surface area contributed by atoms with Crippen molar-refractivity contribution >= 4 is 5.91 Å². The highest BCUT2D eigenvalue weighted by molar-refractivity contribution is 6.01. The van der Waals surface area contributed by atoms with Gasteiger partial charge in [-0.25, -0.2) is 0 Å². The van der Waals surface area contributed by atoms with Gasteiger partial charge in [-0.1, -0.05) is 12.1 Å². The second-order valence-corrected chi connectivity index (χ2v) is 6.65. The van der Waals surface area contributed by atoms with Crippen molar-refractivity contribution in [2.45, 2.75) is 32.8 Å². The van der Waals surface area contributed by atoms with E-state index >= 15 is 0 Å². The van der Waals surface area contributed by atoms with Crippen LogP contribution < -0.4 is 4.74 Å². The number of hydrogen-bond donors (Lipinski definition) is 1. The number of ether oxygens (including phenoxy) is 1. The quantitative estimate of drug-likeness (QED) is 0.921. The molecule has 1 fully saturated rings. The van der Waals surface area contributed by atoms with E-state index in [0.29, 0.717) is 30.3 Å². The van der Waals surface area contributed by atoms with Crippen LogP contribution in [-0.2, 0) is 0 Å². The molecule has 1 aromatic heterocycles. The lowest BCUT2D eigenvalue weighted by atomic mass is 9.97. The maximum Gasteiger partial charge on any atom is 0.259 e. The first kappa shape index (κ1) is 17.5. The zero-order valence-electron chi connectivity index (χ0n) is 14.9. The summed E-state index contributed by atoms with van der Waals surface area (Å²) >= 11 is 0. The minimum atomic E-state index is -0.901. The van der Waals surface area contributed by atoms with Crippen LogP contribution in [0, 0.1) is 5.92 Å². The van der Waals surface area contributed by atoms with Crippen molar-refractivity contribution in [1.29, 1.82) is 0 Å². The molecule has 6 heteroatoms. The van der Waals surface area contributed by atoms with Gasteiger partial charge >= 0.3 is 0 Å². The first-order chi connectivity index (χ1) is 12.0. The molecule has 0 aliphatic carbocycles. The third-order valence-corrected chi connectivity index (χ3v) is 4.75. The summed E-state index contributed by atoms with van der Waals surface area (Å²) in [7, 11) is 1.60. The molecule has 1 unspecified atom stereocenters. The number of carbonyl (C=O) groups excluding carboxylic acids is 1. The average molecular weight is 344 g/mol. The number of amides is 1. The normalized spacial score (nSPS) is 16.7. The van der Waals surface area contributed by atoms with E-state index in [1.165, 1.54) is 0 Å². The molecule has 0 radical (unpaired) electrons. The molecule has 1 aliphatic heterocycles. The molecule has 3 rings (SSSR count). The number of carbonyl (C=O) groups is 1. The Balaban J connectivity index is 1.98. The van der Waals surface area contributed by atoms with Gasteiger partial charge in [0, 0.05) is 18.7 Å². The molecular formula is C19H24N2O4. The van der Waals surface area contributed by atoms with Crippen LogP contribution in [0.2, 0.25) is 0 Å². The molecule has 1 saturated heterocycles. The predicted octanol–water partition coefficient (Wildman–Crippen LogP) is 3.28. The smallest absolute Gasteiger partial charge is 0.259 e. The van der Waals surface area contributed by atoms with E-state index in [4.69, 9.17) is 9.26 Å². The fourth-order valence-electron chi connectivity index (χ4n) is 3.11. The lowest BCUT2D eigenvalue weighted by molar-refractivity contribution is 0.0686. The van der Waals surface area contributed by atoms with Crippen molar-refractivity contribution in [3.63, 3.8) is 0 Å². The number of aromatic nitrogens is 1. The third-order valence-electron chi connectivity index (χ3n) is 4.75. The fraction of sp³-hybridized carbons (Fsp3) is 0.474. The van der Waals surface area contributed by atoms with Gasteiger partial charge in [-0.05, 0) is 49.9 Å². The van der Waals surface area contributed by atoms with E-state index in [2.05, 4.69) is 12.1 Å². The zero-order chi connectivity index (χ0) is 18.0. The molecular weight excluding hydrogens is 320 g/mol. The predicted molar refractivity (Wildman–Crippen MR) is 93.4 cm³/mol. The van der Waals surface area contributed by atoms with Gasteiger partial charge in [0.25, 0.3) is 5.91 Å². The fourth-order valence-corrected chi connectivity index (χ4v) is 3.11. The Morgan fingerprint density at radius 2 is 1.96 bits per heavy atom. The summed E-state index contributed by atoms with van der Waals surface area (Å²) < 4.78 is 10.5. The molecule has 0 saturated carbocycles. The molecule has 0 bridgehead atoms. The molecule has 2 heterocycles. The number of hydrogen-bond acceptors (Lipinski definition) is 5. The second-order valence-electron chi connectivity index (χ2n) is 6.65. The SMILES string of the molecule is COc1ccc(-c2noc(C(C)O)c2C(=O)N2CCC(C)CC2)cc1. The first-order valence-electron chi connectivity index (χ1n) is 8.62. The van der Waals surface area contributed by atoms with Crippen LogP contribution in [0.25, 0.3) is 11.3 Å². The Kier molecular flexibility index (Phi) is 5.08. The summed E-state index contributed by atoms with van der Waals surface area (Å²) in [4.78, 5) is 14.9. The summed E-state index contributed by atoms with van der Waals surface area (Å²) in [6.07, 6.45) is 1.07. The number of rotatable bonds is 4. The molecule has 25 heavy (non-hydrogen) atoms. The van der Waals surface area contributed by atoms with E-state index in [-0.39, 0.29) is 11.7 Å². The molecule has 6 nitrogen and oxygen atoms in total. The standard InChI is InChI=1S/C19H24N2O4/c1-12-8-10-21(11-9-12)19(23)16-17(20-25-18(16)13(2)22)14-4-6-15(24-3)7-5-14/h4-7,12-13,22H,8-11H2,1-3H3. The molecule has 134 valence electrons. The van der Waals surface area contributed by atoms with Crippen molar-refractivity contribution in [2.75, 3.05) is 20.2 Å². The van der Waals surface area contributed by atoms with Gasteiger partial charge in [0.2, 0.25) is 0 Å². The lowest BCUT2D eigenvalue weighted by Crippen LogP contribution is -2.38. The number of aliphatic hydroxyl groups is 1. The van der Waals surface area contributed by atoms with Crippen molar-refractivity contribution in [3.8, 4) is 17.0 Å². The molecule has 2 aromatic rings. The molecule has 1 atom stereocenters. The van der Waals surface area contributed by atoms with E-state index in [0.717, 1.165) is 24.2 Å². The maximum atomic E-state index is 13.1. The van der Waals surface area contributed by atoms with Crippen LogP contribution in [0.1, 0.15) is 48.9 Å². The Labute approximate surface area is 147 Å². The first-order valence-corrected chi connectivity index (χ1v) is 8.62. The van der Waals surface area contributed by atoms with Crippen molar-refractivity contribution < 1.29 is 19.2 Å². The summed E-state index contributed by atoms with van der Waals surface area (Å²) in [5, 5.41) is 14.1. The minimum Gasteiger partial charge on any atom is -0.497 e. The summed E-state index contributed by atoms with van der Waals surface area (Å²) in [6.45, 7) is 5.21. The maximum absolute atomic E-state index is 13.1. The van der Waals surface area contributed by atoms with Gasteiger partial charge in [0.1, 0.15) is 23.1 Å². The third kappa shape index (κ3) is 3.54. The number of benzene rings is 1. The monoisotopic (exact) mass is 344 g/mol. The molecule has 0 spiro atoms. The van der Waals surface area contributed by atoms with Crippen LogP contribution in [-0.4, -0.2) is 41.3 Å². The molecule has 1 aromatic carbocycles. The number of piperidine rings is 1. The molecule has 1 aliphatic rings. The molecule has 1 N–H and O–H groups in total. The lowest BCUT2D eigenvalue weighted by Gasteiger charge is -2.30. The number of aliphatic hydroxyl groups excluding tert-OH is 1.